The number of anilines is 1. The summed E-state index contributed by atoms with van der Waals surface area (Å²) >= 11 is 4.64. The number of aromatic nitrogens is 1. The van der Waals surface area contributed by atoms with Crippen molar-refractivity contribution in [2.75, 3.05) is 5.32 Å². The van der Waals surface area contributed by atoms with Crippen LogP contribution in [0.5, 0.6) is 0 Å². The van der Waals surface area contributed by atoms with Crippen molar-refractivity contribution in [1.29, 1.82) is 0 Å². The van der Waals surface area contributed by atoms with E-state index in [2.05, 4.69) is 26.2 Å². The molecule has 5 nitrogen and oxygen atoms in total. The maximum absolute atomic E-state index is 13.8. The molecule has 3 aromatic rings. The quantitative estimate of drug-likeness (QED) is 0.647. The zero-order valence-electron chi connectivity index (χ0n) is 13.9. The molecule has 1 aromatic heterocycles. The van der Waals surface area contributed by atoms with E-state index in [-0.39, 0.29) is 12.5 Å². The highest BCUT2D eigenvalue weighted by atomic mass is 79.9. The van der Waals surface area contributed by atoms with E-state index >= 15 is 0 Å². The highest BCUT2D eigenvalue weighted by Gasteiger charge is 2.37. The fraction of sp³-hybridized carbons (Fsp3) is 0.105. The summed E-state index contributed by atoms with van der Waals surface area (Å²) in [4.78, 5) is 31.5. The van der Waals surface area contributed by atoms with Crippen molar-refractivity contribution in [2.24, 2.45) is 0 Å². The van der Waals surface area contributed by atoms with E-state index in [0.29, 0.717) is 16.3 Å². The molecular formula is C19H13BrFN3O2S. The first kappa shape index (κ1) is 17.8. The zero-order chi connectivity index (χ0) is 19.0. The van der Waals surface area contributed by atoms with Crippen LogP contribution in [0.25, 0.3) is 0 Å². The number of benzene rings is 2. The molecule has 2 heterocycles. The van der Waals surface area contributed by atoms with Crippen LogP contribution in [0.3, 0.4) is 0 Å². The summed E-state index contributed by atoms with van der Waals surface area (Å²) in [6.07, 6.45) is 1.58. The Bertz CT molecular complexity index is 1030. The predicted octanol–water partition coefficient (Wildman–Crippen LogP) is 4.38. The molecule has 0 fully saturated rings. The van der Waals surface area contributed by atoms with Crippen molar-refractivity contribution in [3.05, 3.63) is 81.0 Å². The summed E-state index contributed by atoms with van der Waals surface area (Å²) in [6.45, 7) is 0.272. The molecule has 2 aromatic carbocycles. The van der Waals surface area contributed by atoms with Gasteiger partial charge < -0.3 is 4.90 Å². The normalized spacial score (nSPS) is 14.1. The molecule has 0 spiro atoms. The Morgan fingerprint density at radius 2 is 2.15 bits per heavy atom. The monoisotopic (exact) mass is 445 g/mol. The van der Waals surface area contributed by atoms with E-state index in [1.54, 1.807) is 23.7 Å². The zero-order valence-corrected chi connectivity index (χ0v) is 16.3. The Balaban J connectivity index is 1.72. The molecule has 4 rings (SSSR count). The van der Waals surface area contributed by atoms with E-state index in [1.807, 2.05) is 12.1 Å². The van der Waals surface area contributed by atoms with Gasteiger partial charge in [-0.05, 0) is 35.4 Å². The minimum Gasteiger partial charge on any atom is -0.318 e. The number of amides is 2. The number of hydrogen-bond donors (Lipinski definition) is 1. The van der Waals surface area contributed by atoms with Crippen molar-refractivity contribution in [1.82, 2.24) is 9.88 Å². The number of thiazole rings is 1. The Morgan fingerprint density at radius 3 is 2.89 bits per heavy atom. The summed E-state index contributed by atoms with van der Waals surface area (Å²) < 4.78 is 14.6. The third-order valence-corrected chi connectivity index (χ3v) is 5.47. The first-order valence-corrected chi connectivity index (χ1v) is 9.75. The van der Waals surface area contributed by atoms with Crippen LogP contribution in [0, 0.1) is 5.82 Å². The third kappa shape index (κ3) is 3.50. The van der Waals surface area contributed by atoms with Gasteiger partial charge >= 0.3 is 0 Å². The second-order valence-corrected chi connectivity index (χ2v) is 7.83. The van der Waals surface area contributed by atoms with Crippen LogP contribution in [0.1, 0.15) is 27.5 Å². The van der Waals surface area contributed by atoms with Gasteiger partial charge in [0, 0.05) is 28.2 Å². The second-order valence-electron chi connectivity index (χ2n) is 6.02. The highest BCUT2D eigenvalue weighted by Crippen LogP contribution is 2.34. The SMILES string of the molecule is O=C(Nc1nccs1)C(c1cccc(F)c1)N1Cc2ccc(Br)cc2C1=O. The van der Waals surface area contributed by atoms with Gasteiger partial charge in [-0.2, -0.15) is 0 Å². The van der Waals surface area contributed by atoms with Crippen LogP contribution in [0.4, 0.5) is 9.52 Å². The lowest BCUT2D eigenvalue weighted by molar-refractivity contribution is -0.120. The van der Waals surface area contributed by atoms with Crippen LogP contribution in [0.2, 0.25) is 0 Å². The molecule has 0 bridgehead atoms. The molecule has 1 atom stereocenters. The number of halogens is 2. The first-order valence-electron chi connectivity index (χ1n) is 8.08. The lowest BCUT2D eigenvalue weighted by Crippen LogP contribution is -2.37. The van der Waals surface area contributed by atoms with Crippen molar-refractivity contribution in [3.8, 4) is 0 Å². The maximum atomic E-state index is 13.8. The third-order valence-electron chi connectivity index (χ3n) is 4.29. The summed E-state index contributed by atoms with van der Waals surface area (Å²) in [6, 6.07) is 10.2. The molecular weight excluding hydrogens is 433 g/mol. The Hall–Kier alpha value is -2.58. The lowest BCUT2D eigenvalue weighted by atomic mass is 10.0. The molecule has 1 N–H and O–H groups in total. The van der Waals surface area contributed by atoms with Crippen LogP contribution >= 0.6 is 27.3 Å². The van der Waals surface area contributed by atoms with Gasteiger partial charge in [0.2, 0.25) is 0 Å². The van der Waals surface area contributed by atoms with Crippen LogP contribution in [0.15, 0.2) is 58.5 Å². The summed E-state index contributed by atoms with van der Waals surface area (Å²) in [5.74, 6) is -1.17. The molecule has 1 aliphatic rings. The Morgan fingerprint density at radius 1 is 1.30 bits per heavy atom. The maximum Gasteiger partial charge on any atom is 0.255 e. The number of fused-ring (bicyclic) bond motifs is 1. The second kappa shape index (κ2) is 7.21. The summed E-state index contributed by atoms with van der Waals surface area (Å²) in [7, 11) is 0. The average molecular weight is 446 g/mol. The van der Waals surface area contributed by atoms with E-state index < -0.39 is 17.8 Å². The minimum atomic E-state index is -0.969. The van der Waals surface area contributed by atoms with E-state index in [1.165, 1.54) is 34.4 Å². The molecule has 0 saturated heterocycles. The number of hydrogen-bond acceptors (Lipinski definition) is 4. The number of carbonyl (C=O) groups excluding carboxylic acids is 2. The van der Waals surface area contributed by atoms with Gasteiger partial charge in [0.1, 0.15) is 11.9 Å². The van der Waals surface area contributed by atoms with Gasteiger partial charge in [-0.25, -0.2) is 9.37 Å². The van der Waals surface area contributed by atoms with Crippen LogP contribution < -0.4 is 5.32 Å². The average Bonchev–Trinajstić information content (AvgIpc) is 3.25. The first-order chi connectivity index (χ1) is 13.0. The summed E-state index contributed by atoms with van der Waals surface area (Å²) in [5.41, 5.74) is 1.77. The predicted molar refractivity (Wildman–Crippen MR) is 104 cm³/mol. The molecule has 1 aliphatic heterocycles. The largest absolute Gasteiger partial charge is 0.318 e. The minimum absolute atomic E-state index is 0.269. The fourth-order valence-corrected chi connectivity index (χ4v) is 4.01. The molecule has 2 amide bonds. The fourth-order valence-electron chi connectivity index (χ4n) is 3.11. The van der Waals surface area contributed by atoms with Crippen LogP contribution in [-0.4, -0.2) is 21.7 Å². The Labute approximate surface area is 167 Å². The van der Waals surface area contributed by atoms with Crippen molar-refractivity contribution in [3.63, 3.8) is 0 Å². The van der Waals surface area contributed by atoms with E-state index in [9.17, 15) is 14.0 Å². The van der Waals surface area contributed by atoms with Gasteiger partial charge in [0.25, 0.3) is 11.8 Å². The number of rotatable bonds is 4. The van der Waals surface area contributed by atoms with Gasteiger partial charge in [0.15, 0.2) is 5.13 Å². The summed E-state index contributed by atoms with van der Waals surface area (Å²) in [5, 5.41) is 4.88. The molecule has 8 heteroatoms. The topological polar surface area (TPSA) is 62.3 Å². The van der Waals surface area contributed by atoms with Crippen LogP contribution in [-0.2, 0) is 11.3 Å². The number of carbonyl (C=O) groups is 2. The molecule has 0 radical (unpaired) electrons. The van der Waals surface area contributed by atoms with Crippen molar-refractivity contribution in [2.45, 2.75) is 12.6 Å². The number of nitrogens with one attached hydrogen (secondary N) is 1. The Kier molecular flexibility index (Phi) is 4.75. The van der Waals surface area contributed by atoms with Gasteiger partial charge in [-0.3, -0.25) is 14.9 Å². The smallest absolute Gasteiger partial charge is 0.255 e. The molecule has 0 saturated carbocycles. The van der Waals surface area contributed by atoms with E-state index in [0.717, 1.165) is 10.0 Å². The van der Waals surface area contributed by atoms with Gasteiger partial charge in [-0.1, -0.05) is 34.1 Å². The van der Waals surface area contributed by atoms with Crippen molar-refractivity contribution < 1.29 is 14.0 Å². The molecule has 0 aliphatic carbocycles. The number of nitrogens with zero attached hydrogens (tertiary/aromatic N) is 2. The molecule has 27 heavy (non-hydrogen) atoms. The van der Waals surface area contributed by atoms with Gasteiger partial charge in [0.05, 0.1) is 0 Å². The molecule has 1 unspecified atom stereocenters. The standard InChI is InChI=1S/C19H13BrFN3O2S/c20-13-5-4-12-10-24(18(26)15(12)9-13)16(11-2-1-3-14(21)8-11)17(25)23-19-22-6-7-27-19/h1-9,16H,10H2,(H,22,23,25). The molecule has 136 valence electrons. The van der Waals surface area contributed by atoms with Gasteiger partial charge in [-0.15, -0.1) is 11.3 Å². The lowest BCUT2D eigenvalue weighted by Gasteiger charge is -2.27. The highest BCUT2D eigenvalue weighted by molar-refractivity contribution is 9.10. The van der Waals surface area contributed by atoms with E-state index in [4.69, 9.17) is 0 Å². The van der Waals surface area contributed by atoms with Crippen molar-refractivity contribution >= 4 is 44.2 Å².